The molecular weight excluding hydrogens is 484 g/mol. The van der Waals surface area contributed by atoms with E-state index in [9.17, 15) is 20.2 Å². The molecule has 3 aromatic carbocycles. The minimum atomic E-state index is -0.497. The molecule has 0 saturated heterocycles. The second-order valence-corrected chi connectivity index (χ2v) is 8.20. The maximum Gasteiger partial charge on any atom is 0.269 e. The highest BCUT2D eigenvalue weighted by Gasteiger charge is 2.13. The summed E-state index contributed by atoms with van der Waals surface area (Å²) in [6, 6.07) is 23.2. The molecule has 0 spiro atoms. The highest BCUT2D eigenvalue weighted by atomic mass is 79.9. The van der Waals surface area contributed by atoms with Crippen molar-refractivity contribution in [1.29, 1.82) is 5.26 Å². The van der Waals surface area contributed by atoms with Crippen LogP contribution in [0.2, 0.25) is 0 Å². The summed E-state index contributed by atoms with van der Waals surface area (Å²) in [5.74, 6) is -0.497. The molecule has 33 heavy (non-hydrogen) atoms. The second kappa shape index (κ2) is 9.51. The van der Waals surface area contributed by atoms with Crippen LogP contribution in [-0.2, 0) is 11.3 Å². The molecule has 0 bridgehead atoms. The number of hydrogen-bond donors (Lipinski definition) is 1. The van der Waals surface area contributed by atoms with Gasteiger partial charge in [-0.3, -0.25) is 14.9 Å². The first-order chi connectivity index (χ1) is 15.9. The van der Waals surface area contributed by atoms with Crippen LogP contribution in [0.3, 0.4) is 0 Å². The molecule has 0 unspecified atom stereocenters. The lowest BCUT2D eigenvalue weighted by Crippen LogP contribution is -2.13. The van der Waals surface area contributed by atoms with Gasteiger partial charge in [0.2, 0.25) is 0 Å². The van der Waals surface area contributed by atoms with E-state index >= 15 is 0 Å². The third-order valence-corrected chi connectivity index (χ3v) is 5.56. The van der Waals surface area contributed by atoms with Crippen molar-refractivity contribution >= 4 is 50.2 Å². The van der Waals surface area contributed by atoms with E-state index in [2.05, 4.69) is 21.2 Å². The summed E-state index contributed by atoms with van der Waals surface area (Å²) in [6.07, 6.45) is 3.44. The van der Waals surface area contributed by atoms with E-state index in [1.54, 1.807) is 36.4 Å². The number of non-ortho nitro benzene ring substituents is 1. The first-order valence-electron chi connectivity index (χ1n) is 9.94. The number of para-hydroxylation sites is 1. The van der Waals surface area contributed by atoms with Gasteiger partial charge in [-0.05, 0) is 35.9 Å². The molecule has 4 rings (SSSR count). The van der Waals surface area contributed by atoms with Crippen molar-refractivity contribution in [1.82, 2.24) is 4.57 Å². The van der Waals surface area contributed by atoms with Gasteiger partial charge in [0, 0.05) is 51.5 Å². The average molecular weight is 501 g/mol. The third-order valence-electron chi connectivity index (χ3n) is 5.07. The van der Waals surface area contributed by atoms with Crippen LogP contribution in [0.1, 0.15) is 11.1 Å². The fraction of sp³-hybridized carbons (Fsp3) is 0.0400. The summed E-state index contributed by atoms with van der Waals surface area (Å²) in [5.41, 5.74) is 3.14. The summed E-state index contributed by atoms with van der Waals surface area (Å²) >= 11 is 3.36. The predicted molar refractivity (Wildman–Crippen MR) is 130 cm³/mol. The zero-order valence-corrected chi connectivity index (χ0v) is 18.8. The third kappa shape index (κ3) is 5.00. The van der Waals surface area contributed by atoms with Gasteiger partial charge in [-0.2, -0.15) is 5.26 Å². The Kier molecular flexibility index (Phi) is 6.33. The van der Waals surface area contributed by atoms with Gasteiger partial charge in [-0.25, -0.2) is 0 Å². The van der Waals surface area contributed by atoms with Crippen LogP contribution in [0.5, 0.6) is 0 Å². The molecule has 1 N–H and O–H groups in total. The van der Waals surface area contributed by atoms with Gasteiger partial charge in [0.25, 0.3) is 11.6 Å². The van der Waals surface area contributed by atoms with Gasteiger partial charge in [0.15, 0.2) is 0 Å². The van der Waals surface area contributed by atoms with Crippen LogP contribution in [0.15, 0.2) is 89.0 Å². The molecule has 1 amide bonds. The first-order valence-corrected chi connectivity index (χ1v) is 10.7. The standard InChI is InChI=1S/C25H17BrN4O3/c26-20-4-3-5-21(13-20)28-25(31)18(14-27)12-19-16-29(24-7-2-1-6-23(19)24)15-17-8-10-22(11-9-17)30(32)33/h1-13,16H,15H2,(H,28,31)/b18-12-. The summed E-state index contributed by atoms with van der Waals surface area (Å²) in [7, 11) is 0. The minimum Gasteiger partial charge on any atom is -0.342 e. The Bertz CT molecular complexity index is 1430. The Hall–Kier alpha value is -4.22. The number of aromatic nitrogens is 1. The lowest BCUT2D eigenvalue weighted by molar-refractivity contribution is -0.384. The van der Waals surface area contributed by atoms with Crippen molar-refractivity contribution in [3.63, 3.8) is 0 Å². The predicted octanol–water partition coefficient (Wildman–Crippen LogP) is 5.91. The van der Waals surface area contributed by atoms with Crippen molar-refractivity contribution in [3.05, 3.63) is 110 Å². The number of carbonyl (C=O) groups excluding carboxylic acids is 1. The fourth-order valence-corrected chi connectivity index (χ4v) is 3.91. The molecule has 0 aliphatic carbocycles. The average Bonchev–Trinajstić information content (AvgIpc) is 3.15. The van der Waals surface area contributed by atoms with E-state index in [1.165, 1.54) is 12.1 Å². The van der Waals surface area contributed by atoms with Crippen LogP contribution in [0, 0.1) is 21.4 Å². The highest BCUT2D eigenvalue weighted by Crippen LogP contribution is 2.25. The zero-order chi connectivity index (χ0) is 23.4. The molecule has 0 saturated carbocycles. The number of anilines is 1. The number of nitrogens with one attached hydrogen (secondary N) is 1. The van der Waals surface area contributed by atoms with E-state index in [1.807, 2.05) is 47.2 Å². The van der Waals surface area contributed by atoms with Gasteiger partial charge >= 0.3 is 0 Å². The number of fused-ring (bicyclic) bond motifs is 1. The number of nitrogens with zero attached hydrogens (tertiary/aromatic N) is 3. The molecule has 7 nitrogen and oxygen atoms in total. The van der Waals surface area contributed by atoms with Gasteiger partial charge in [-0.15, -0.1) is 0 Å². The summed E-state index contributed by atoms with van der Waals surface area (Å²) < 4.78 is 2.81. The van der Waals surface area contributed by atoms with Gasteiger partial charge in [0.1, 0.15) is 11.6 Å². The second-order valence-electron chi connectivity index (χ2n) is 7.29. The van der Waals surface area contributed by atoms with E-state index in [0.717, 1.165) is 26.5 Å². The molecule has 4 aromatic rings. The number of rotatable bonds is 6. The molecule has 0 aliphatic rings. The van der Waals surface area contributed by atoms with Gasteiger partial charge in [-0.1, -0.05) is 52.3 Å². The molecular formula is C25H17BrN4O3. The SMILES string of the molecule is N#C/C(=C/c1cn(Cc2ccc([N+](=O)[O-])cc2)c2ccccc12)C(=O)Nc1cccc(Br)c1. The van der Waals surface area contributed by atoms with Crippen molar-refractivity contribution in [2.45, 2.75) is 6.54 Å². The summed E-state index contributed by atoms with van der Waals surface area (Å²) in [6.45, 7) is 0.485. The highest BCUT2D eigenvalue weighted by molar-refractivity contribution is 9.10. The molecule has 0 atom stereocenters. The van der Waals surface area contributed by atoms with Crippen molar-refractivity contribution < 1.29 is 9.72 Å². The Morgan fingerprint density at radius 3 is 2.58 bits per heavy atom. The van der Waals surface area contributed by atoms with Crippen LogP contribution < -0.4 is 5.32 Å². The van der Waals surface area contributed by atoms with Gasteiger partial charge in [0.05, 0.1) is 4.92 Å². The van der Waals surface area contributed by atoms with Crippen LogP contribution in [-0.4, -0.2) is 15.4 Å². The number of carbonyl (C=O) groups is 1. The maximum atomic E-state index is 12.7. The number of nitriles is 1. The van der Waals surface area contributed by atoms with Crippen LogP contribution in [0.4, 0.5) is 11.4 Å². The van der Waals surface area contributed by atoms with E-state index in [-0.39, 0.29) is 11.3 Å². The molecule has 0 radical (unpaired) electrons. The van der Waals surface area contributed by atoms with E-state index in [4.69, 9.17) is 0 Å². The first kappa shape index (κ1) is 22.0. The van der Waals surface area contributed by atoms with E-state index in [0.29, 0.717) is 12.2 Å². The Labute approximate surface area is 197 Å². The molecule has 8 heteroatoms. The Morgan fingerprint density at radius 1 is 1.12 bits per heavy atom. The zero-order valence-electron chi connectivity index (χ0n) is 17.2. The van der Waals surface area contributed by atoms with E-state index < -0.39 is 10.8 Å². The van der Waals surface area contributed by atoms with Gasteiger partial charge < -0.3 is 9.88 Å². The summed E-state index contributed by atoms with van der Waals surface area (Å²) in [5, 5.41) is 24.2. The normalized spacial score (nSPS) is 11.2. The smallest absolute Gasteiger partial charge is 0.269 e. The van der Waals surface area contributed by atoms with Crippen molar-refractivity contribution in [2.24, 2.45) is 0 Å². The molecule has 1 heterocycles. The topological polar surface area (TPSA) is 101 Å². The lowest BCUT2D eigenvalue weighted by Gasteiger charge is -2.05. The van der Waals surface area contributed by atoms with Crippen molar-refractivity contribution in [2.75, 3.05) is 5.32 Å². The fourth-order valence-electron chi connectivity index (χ4n) is 3.51. The number of nitro groups is 1. The number of halogens is 1. The Balaban J connectivity index is 1.66. The molecule has 1 aromatic heterocycles. The molecule has 0 fully saturated rings. The van der Waals surface area contributed by atoms with Crippen molar-refractivity contribution in [3.8, 4) is 6.07 Å². The molecule has 162 valence electrons. The maximum absolute atomic E-state index is 12.7. The number of nitro benzene ring substituents is 1. The largest absolute Gasteiger partial charge is 0.342 e. The minimum absolute atomic E-state index is 0.0202. The molecule has 0 aliphatic heterocycles. The monoisotopic (exact) mass is 500 g/mol. The lowest BCUT2D eigenvalue weighted by atomic mass is 10.1. The number of benzene rings is 3. The number of hydrogen-bond acceptors (Lipinski definition) is 4. The van der Waals surface area contributed by atoms with Crippen LogP contribution >= 0.6 is 15.9 Å². The summed E-state index contributed by atoms with van der Waals surface area (Å²) in [4.78, 5) is 23.2. The quantitative estimate of drug-likeness (QED) is 0.154. The van der Waals surface area contributed by atoms with Crippen LogP contribution in [0.25, 0.3) is 17.0 Å². The number of amides is 1. The Morgan fingerprint density at radius 2 is 1.88 bits per heavy atom.